The summed E-state index contributed by atoms with van der Waals surface area (Å²) in [5.41, 5.74) is 15.5. The average molecular weight is 327 g/mol. The van der Waals surface area contributed by atoms with Crippen LogP contribution in [0.3, 0.4) is 0 Å². The van der Waals surface area contributed by atoms with Crippen molar-refractivity contribution in [2.45, 2.75) is 39.3 Å². The maximum atomic E-state index is 6.36. The van der Waals surface area contributed by atoms with Gasteiger partial charge in [-0.2, -0.15) is 0 Å². The highest BCUT2D eigenvalue weighted by Gasteiger charge is 2.22. The number of nitrogens with two attached hydrogens (primary N) is 2. The Bertz CT molecular complexity index is 826. The molecule has 120 valence electrons. The van der Waals surface area contributed by atoms with Crippen LogP contribution in [0.25, 0.3) is 21.6 Å². The van der Waals surface area contributed by atoms with E-state index in [9.17, 15) is 0 Å². The molecule has 23 heavy (non-hydrogen) atoms. The number of pyridine rings is 1. The molecular weight excluding hydrogens is 306 g/mol. The van der Waals surface area contributed by atoms with E-state index >= 15 is 0 Å². The number of fused-ring (bicyclic) bond motifs is 1. The molecule has 2 unspecified atom stereocenters. The van der Waals surface area contributed by atoms with Gasteiger partial charge in [-0.05, 0) is 38.0 Å². The summed E-state index contributed by atoms with van der Waals surface area (Å²) in [7, 11) is 0. The van der Waals surface area contributed by atoms with Crippen molar-refractivity contribution in [1.82, 2.24) is 15.0 Å². The van der Waals surface area contributed by atoms with Crippen LogP contribution in [0.2, 0.25) is 0 Å². The fraction of sp³-hybridized carbons (Fsp3) is 0.353. The Balaban J connectivity index is 2.31. The quantitative estimate of drug-likeness (QED) is 0.769. The van der Waals surface area contributed by atoms with Gasteiger partial charge in [0.2, 0.25) is 0 Å². The fourth-order valence-corrected chi connectivity index (χ4v) is 3.86. The second-order valence-corrected chi connectivity index (χ2v) is 6.93. The van der Waals surface area contributed by atoms with Crippen LogP contribution in [0.4, 0.5) is 0 Å². The zero-order chi connectivity index (χ0) is 16.6. The zero-order valence-electron chi connectivity index (χ0n) is 13.6. The first-order chi connectivity index (χ1) is 11.0. The Hall–Kier alpha value is -1.89. The summed E-state index contributed by atoms with van der Waals surface area (Å²) in [6, 6.07) is 3.32. The number of aryl methyl sites for hydroxylation is 2. The van der Waals surface area contributed by atoms with Crippen molar-refractivity contribution in [3.05, 3.63) is 40.7 Å². The van der Waals surface area contributed by atoms with Crippen molar-refractivity contribution < 1.29 is 0 Å². The van der Waals surface area contributed by atoms with Gasteiger partial charge in [0.1, 0.15) is 4.83 Å². The number of aromatic nitrogens is 3. The van der Waals surface area contributed by atoms with Crippen LogP contribution in [0.5, 0.6) is 0 Å². The first-order valence-electron chi connectivity index (χ1n) is 7.74. The molecule has 5 nitrogen and oxygen atoms in total. The second kappa shape index (κ2) is 6.31. The summed E-state index contributed by atoms with van der Waals surface area (Å²) in [5.74, 6) is 0.676. The summed E-state index contributed by atoms with van der Waals surface area (Å²) in [6.45, 7) is 6.18. The van der Waals surface area contributed by atoms with Crippen molar-refractivity contribution in [2.75, 3.05) is 0 Å². The maximum absolute atomic E-state index is 6.36. The van der Waals surface area contributed by atoms with Crippen molar-refractivity contribution in [3.63, 3.8) is 0 Å². The molecule has 3 rings (SSSR count). The molecule has 2 atom stereocenters. The van der Waals surface area contributed by atoms with Gasteiger partial charge in [0.25, 0.3) is 0 Å². The van der Waals surface area contributed by atoms with Crippen LogP contribution < -0.4 is 11.5 Å². The fourth-order valence-electron chi connectivity index (χ4n) is 2.74. The number of nitrogens with zero attached hydrogens (tertiary/aromatic N) is 3. The van der Waals surface area contributed by atoms with Crippen LogP contribution in [0, 0.1) is 6.92 Å². The molecule has 0 fully saturated rings. The summed E-state index contributed by atoms with van der Waals surface area (Å²) in [6.07, 6.45) is 4.42. The molecule has 3 aromatic rings. The van der Waals surface area contributed by atoms with Gasteiger partial charge in [-0.3, -0.25) is 4.98 Å². The summed E-state index contributed by atoms with van der Waals surface area (Å²) < 4.78 is 0. The predicted octanol–water partition coefficient (Wildman–Crippen LogP) is 2.97. The van der Waals surface area contributed by atoms with Gasteiger partial charge in [0, 0.05) is 34.3 Å². The molecule has 0 bridgehead atoms. The van der Waals surface area contributed by atoms with E-state index in [2.05, 4.69) is 18.8 Å². The van der Waals surface area contributed by atoms with Crippen molar-refractivity contribution in [2.24, 2.45) is 11.5 Å². The largest absolute Gasteiger partial charge is 0.326 e. The SMILES string of the molecule is CCc1c(C)sc2nc(-c3ccncc3)nc(C(N)C(C)N)c12. The Kier molecular flexibility index (Phi) is 4.39. The van der Waals surface area contributed by atoms with Crippen LogP contribution in [0.15, 0.2) is 24.5 Å². The topological polar surface area (TPSA) is 90.7 Å². The number of hydrogen-bond acceptors (Lipinski definition) is 6. The van der Waals surface area contributed by atoms with Gasteiger partial charge >= 0.3 is 0 Å². The Morgan fingerprint density at radius 3 is 2.48 bits per heavy atom. The molecule has 4 N–H and O–H groups in total. The van der Waals surface area contributed by atoms with Crippen LogP contribution in [0.1, 0.15) is 36.0 Å². The Morgan fingerprint density at radius 2 is 1.87 bits per heavy atom. The molecule has 0 aliphatic heterocycles. The standard InChI is InChI=1S/C17H21N5S/c1-4-12-10(3)23-17-13(12)15(14(19)9(2)18)21-16(22-17)11-5-7-20-8-6-11/h5-9,14H,4,18-19H2,1-3H3. The highest BCUT2D eigenvalue weighted by atomic mass is 32.1. The lowest BCUT2D eigenvalue weighted by atomic mass is 10.0. The zero-order valence-corrected chi connectivity index (χ0v) is 14.4. The lowest BCUT2D eigenvalue weighted by Gasteiger charge is -2.17. The smallest absolute Gasteiger partial charge is 0.161 e. The first kappa shape index (κ1) is 16.0. The van der Waals surface area contributed by atoms with Gasteiger partial charge in [0.15, 0.2) is 5.82 Å². The third-order valence-electron chi connectivity index (χ3n) is 4.05. The first-order valence-corrected chi connectivity index (χ1v) is 8.56. The highest BCUT2D eigenvalue weighted by molar-refractivity contribution is 7.18. The van der Waals surface area contributed by atoms with E-state index in [1.54, 1.807) is 23.7 Å². The molecule has 0 saturated heterocycles. The van der Waals surface area contributed by atoms with E-state index in [4.69, 9.17) is 21.4 Å². The molecule has 0 saturated carbocycles. The van der Waals surface area contributed by atoms with E-state index in [-0.39, 0.29) is 12.1 Å². The monoisotopic (exact) mass is 327 g/mol. The van der Waals surface area contributed by atoms with E-state index in [1.807, 2.05) is 19.1 Å². The molecule has 0 aliphatic rings. The molecule has 0 spiro atoms. The van der Waals surface area contributed by atoms with Gasteiger partial charge < -0.3 is 11.5 Å². The number of thiophene rings is 1. The summed E-state index contributed by atoms with van der Waals surface area (Å²) in [4.78, 5) is 15.8. The molecule has 0 aromatic carbocycles. The lowest BCUT2D eigenvalue weighted by molar-refractivity contribution is 0.579. The van der Waals surface area contributed by atoms with E-state index in [1.165, 1.54) is 10.4 Å². The molecule has 3 heterocycles. The number of rotatable bonds is 4. The molecule has 3 aromatic heterocycles. The average Bonchev–Trinajstić information content (AvgIpc) is 2.88. The van der Waals surface area contributed by atoms with Crippen molar-refractivity contribution >= 4 is 21.6 Å². The van der Waals surface area contributed by atoms with Gasteiger partial charge in [-0.1, -0.05) is 6.92 Å². The Labute approximate surface area is 139 Å². The number of hydrogen-bond donors (Lipinski definition) is 2. The van der Waals surface area contributed by atoms with Crippen LogP contribution in [-0.4, -0.2) is 21.0 Å². The van der Waals surface area contributed by atoms with Gasteiger partial charge in [-0.25, -0.2) is 9.97 Å². The summed E-state index contributed by atoms with van der Waals surface area (Å²) in [5, 5.41) is 1.08. The van der Waals surface area contributed by atoms with Crippen molar-refractivity contribution in [1.29, 1.82) is 0 Å². The normalized spacial score (nSPS) is 14.1. The lowest BCUT2D eigenvalue weighted by Crippen LogP contribution is -2.32. The minimum Gasteiger partial charge on any atom is -0.326 e. The molecule has 6 heteroatoms. The maximum Gasteiger partial charge on any atom is 0.161 e. The van der Waals surface area contributed by atoms with E-state index < -0.39 is 0 Å². The van der Waals surface area contributed by atoms with Crippen molar-refractivity contribution in [3.8, 4) is 11.4 Å². The highest BCUT2D eigenvalue weighted by Crippen LogP contribution is 2.35. The van der Waals surface area contributed by atoms with E-state index in [0.717, 1.165) is 27.9 Å². The molecule has 0 radical (unpaired) electrons. The minimum absolute atomic E-state index is 0.177. The molecular formula is C17H21N5S. The minimum atomic E-state index is -0.319. The summed E-state index contributed by atoms with van der Waals surface area (Å²) >= 11 is 1.69. The van der Waals surface area contributed by atoms with Crippen LogP contribution in [-0.2, 0) is 6.42 Å². The molecule has 0 aliphatic carbocycles. The third-order valence-corrected chi connectivity index (χ3v) is 5.10. The Morgan fingerprint density at radius 1 is 1.17 bits per heavy atom. The second-order valence-electron chi connectivity index (χ2n) is 5.72. The van der Waals surface area contributed by atoms with Gasteiger partial charge in [0.05, 0.1) is 11.7 Å². The van der Waals surface area contributed by atoms with E-state index in [0.29, 0.717) is 5.82 Å². The predicted molar refractivity (Wildman–Crippen MR) is 95.3 cm³/mol. The third kappa shape index (κ3) is 2.85. The van der Waals surface area contributed by atoms with Crippen LogP contribution >= 0.6 is 11.3 Å². The molecule has 0 amide bonds. The van der Waals surface area contributed by atoms with Gasteiger partial charge in [-0.15, -0.1) is 11.3 Å².